The van der Waals surface area contributed by atoms with Crippen molar-refractivity contribution in [3.63, 3.8) is 0 Å². The molecule has 11 nitrogen and oxygen atoms in total. The number of carboxylic acid groups (broad SMARTS) is 1. The maximum absolute atomic E-state index is 12.7. The summed E-state index contributed by atoms with van der Waals surface area (Å²) in [5, 5.41) is 11.3. The molecule has 0 aromatic heterocycles. The minimum Gasteiger partial charge on any atom is -0.478 e. The second-order valence-corrected chi connectivity index (χ2v) is 9.03. The molecule has 0 saturated carbocycles. The van der Waals surface area contributed by atoms with Crippen molar-refractivity contribution in [3.8, 4) is 11.1 Å². The lowest BCUT2D eigenvalue weighted by Gasteiger charge is -2.19. The molecule has 0 saturated heterocycles. The van der Waals surface area contributed by atoms with Crippen LogP contribution in [0.5, 0.6) is 0 Å². The SMILES string of the molecule is C=CCOC(=O)[C@H](CC(=O)NNC(=O)c1ccc(C(=O)O)cc1)NC(=O)OCC1c2ccccc2-c2ccccc21. The third-order valence-electron chi connectivity index (χ3n) is 6.36. The topological polar surface area (TPSA) is 160 Å². The van der Waals surface area contributed by atoms with E-state index in [1.54, 1.807) is 0 Å². The Labute approximate surface area is 235 Å². The van der Waals surface area contributed by atoms with Gasteiger partial charge in [0.25, 0.3) is 5.91 Å². The zero-order valence-electron chi connectivity index (χ0n) is 21.8. The normalized spacial score (nSPS) is 12.2. The van der Waals surface area contributed by atoms with Crippen molar-refractivity contribution < 1.29 is 38.6 Å². The molecule has 4 rings (SSSR count). The van der Waals surface area contributed by atoms with Crippen LogP contribution in [0.15, 0.2) is 85.5 Å². The zero-order chi connectivity index (χ0) is 29.4. The zero-order valence-corrected chi connectivity index (χ0v) is 21.8. The summed E-state index contributed by atoms with van der Waals surface area (Å²) >= 11 is 0. The van der Waals surface area contributed by atoms with E-state index in [1.165, 1.54) is 30.3 Å². The van der Waals surface area contributed by atoms with Crippen LogP contribution in [0.25, 0.3) is 11.1 Å². The van der Waals surface area contributed by atoms with Gasteiger partial charge in [-0.3, -0.25) is 20.4 Å². The number of benzene rings is 3. The highest BCUT2D eigenvalue weighted by Gasteiger charge is 2.30. The highest BCUT2D eigenvalue weighted by molar-refractivity contribution is 5.97. The molecule has 0 heterocycles. The van der Waals surface area contributed by atoms with Crippen LogP contribution < -0.4 is 16.2 Å². The molecule has 1 atom stereocenters. The number of fused-ring (bicyclic) bond motifs is 3. The van der Waals surface area contributed by atoms with E-state index in [1.807, 2.05) is 48.5 Å². The van der Waals surface area contributed by atoms with Crippen LogP contribution in [-0.4, -0.2) is 54.2 Å². The largest absolute Gasteiger partial charge is 0.478 e. The molecule has 11 heteroatoms. The van der Waals surface area contributed by atoms with Gasteiger partial charge in [-0.1, -0.05) is 61.2 Å². The fourth-order valence-corrected chi connectivity index (χ4v) is 4.42. The molecule has 4 N–H and O–H groups in total. The number of carbonyl (C=O) groups excluding carboxylic acids is 4. The third kappa shape index (κ3) is 6.95. The van der Waals surface area contributed by atoms with E-state index in [-0.39, 0.29) is 30.3 Å². The summed E-state index contributed by atoms with van der Waals surface area (Å²) in [6, 6.07) is 19.2. The van der Waals surface area contributed by atoms with Crippen molar-refractivity contribution in [1.29, 1.82) is 0 Å². The molecule has 0 aliphatic heterocycles. The van der Waals surface area contributed by atoms with Gasteiger partial charge in [0.05, 0.1) is 12.0 Å². The van der Waals surface area contributed by atoms with Gasteiger partial charge in [0.1, 0.15) is 19.3 Å². The lowest BCUT2D eigenvalue weighted by molar-refractivity contribution is -0.146. The number of hydrazine groups is 1. The van der Waals surface area contributed by atoms with E-state index in [0.717, 1.165) is 22.3 Å². The maximum Gasteiger partial charge on any atom is 0.407 e. The highest BCUT2D eigenvalue weighted by atomic mass is 16.6. The van der Waals surface area contributed by atoms with Gasteiger partial charge in [0.2, 0.25) is 5.91 Å². The smallest absolute Gasteiger partial charge is 0.407 e. The van der Waals surface area contributed by atoms with Crippen LogP contribution in [0.3, 0.4) is 0 Å². The van der Waals surface area contributed by atoms with Crippen molar-refractivity contribution in [3.05, 3.63) is 108 Å². The molecule has 3 aromatic rings. The van der Waals surface area contributed by atoms with Gasteiger partial charge in [0, 0.05) is 11.5 Å². The van der Waals surface area contributed by atoms with E-state index >= 15 is 0 Å². The van der Waals surface area contributed by atoms with Gasteiger partial charge in [-0.05, 0) is 46.5 Å². The molecule has 0 unspecified atom stereocenters. The first-order valence-electron chi connectivity index (χ1n) is 12.6. The van der Waals surface area contributed by atoms with E-state index in [2.05, 4.69) is 22.7 Å². The number of hydrogen-bond donors (Lipinski definition) is 4. The third-order valence-corrected chi connectivity index (χ3v) is 6.36. The monoisotopic (exact) mass is 557 g/mol. The summed E-state index contributed by atoms with van der Waals surface area (Å²) in [7, 11) is 0. The standard InChI is InChI=1S/C30H27N3O8/c1-2-15-40-29(38)25(16-26(34)32-33-27(35)18-11-13-19(14-12-18)28(36)37)31-30(39)41-17-24-22-9-5-3-7-20(22)21-8-4-6-10-23(21)24/h2-14,24-25H,1,15-17H2,(H,31,39)(H,32,34)(H,33,35)(H,36,37)/t25-/m0/s1. The number of amides is 3. The molecular formula is C30H27N3O8. The Bertz CT molecular complexity index is 1440. The van der Waals surface area contributed by atoms with Crippen LogP contribution >= 0.6 is 0 Å². The minimum atomic E-state index is -1.42. The minimum absolute atomic E-state index is 0.00277. The first-order valence-corrected chi connectivity index (χ1v) is 12.6. The van der Waals surface area contributed by atoms with E-state index in [0.29, 0.717) is 0 Å². The Morgan fingerprint density at radius 3 is 2.00 bits per heavy atom. The van der Waals surface area contributed by atoms with Crippen LogP contribution in [0.4, 0.5) is 4.79 Å². The molecule has 41 heavy (non-hydrogen) atoms. The summed E-state index contributed by atoms with van der Waals surface area (Å²) in [6.45, 7) is 3.32. The average Bonchev–Trinajstić information content (AvgIpc) is 3.30. The van der Waals surface area contributed by atoms with Crippen molar-refractivity contribution in [2.75, 3.05) is 13.2 Å². The van der Waals surface area contributed by atoms with Crippen LogP contribution in [0.1, 0.15) is 44.2 Å². The Morgan fingerprint density at radius 2 is 1.41 bits per heavy atom. The number of ether oxygens (including phenoxy) is 2. The van der Waals surface area contributed by atoms with E-state index in [4.69, 9.17) is 14.6 Å². The Balaban J connectivity index is 1.35. The number of esters is 1. The number of alkyl carbamates (subject to hydrolysis) is 1. The van der Waals surface area contributed by atoms with Gasteiger partial charge in [-0.25, -0.2) is 14.4 Å². The first-order chi connectivity index (χ1) is 19.8. The summed E-state index contributed by atoms with van der Waals surface area (Å²) in [5.41, 5.74) is 8.54. The quantitative estimate of drug-likeness (QED) is 0.168. The predicted molar refractivity (Wildman–Crippen MR) is 147 cm³/mol. The Hall–Kier alpha value is -5.45. The summed E-state index contributed by atoms with van der Waals surface area (Å²) in [4.78, 5) is 61.0. The Morgan fingerprint density at radius 1 is 0.829 bits per heavy atom. The molecule has 3 amide bonds. The molecule has 0 spiro atoms. The molecule has 210 valence electrons. The lowest BCUT2D eigenvalue weighted by Crippen LogP contribution is -2.48. The number of rotatable bonds is 10. The average molecular weight is 558 g/mol. The van der Waals surface area contributed by atoms with Crippen LogP contribution in [0, 0.1) is 0 Å². The summed E-state index contributed by atoms with van der Waals surface area (Å²) in [5.74, 6) is -3.78. The van der Waals surface area contributed by atoms with Gasteiger partial charge in [-0.15, -0.1) is 0 Å². The number of carboxylic acids is 1. The van der Waals surface area contributed by atoms with Crippen molar-refractivity contribution in [2.45, 2.75) is 18.4 Å². The van der Waals surface area contributed by atoms with Crippen LogP contribution in [0.2, 0.25) is 0 Å². The molecule has 0 fully saturated rings. The lowest BCUT2D eigenvalue weighted by atomic mass is 9.98. The van der Waals surface area contributed by atoms with Gasteiger partial charge in [-0.2, -0.15) is 0 Å². The number of nitrogens with one attached hydrogen (secondary N) is 3. The number of carbonyl (C=O) groups is 5. The molecule has 0 radical (unpaired) electrons. The first kappa shape index (κ1) is 28.6. The predicted octanol–water partition coefficient (Wildman–Crippen LogP) is 3.17. The summed E-state index contributed by atoms with van der Waals surface area (Å²) < 4.78 is 10.5. The van der Waals surface area contributed by atoms with Gasteiger partial charge < -0.3 is 19.9 Å². The maximum atomic E-state index is 12.7. The molecule has 0 bridgehead atoms. The second-order valence-electron chi connectivity index (χ2n) is 9.03. The summed E-state index contributed by atoms with van der Waals surface area (Å²) in [6.07, 6.45) is -0.167. The van der Waals surface area contributed by atoms with E-state index < -0.39 is 42.3 Å². The molecule has 1 aliphatic carbocycles. The second kappa shape index (κ2) is 13.1. The Kier molecular flexibility index (Phi) is 9.10. The molecule has 1 aliphatic rings. The molecule has 3 aromatic carbocycles. The number of aromatic carboxylic acids is 1. The van der Waals surface area contributed by atoms with Crippen molar-refractivity contribution in [2.24, 2.45) is 0 Å². The van der Waals surface area contributed by atoms with Gasteiger partial charge in [0.15, 0.2) is 0 Å². The highest BCUT2D eigenvalue weighted by Crippen LogP contribution is 2.44. The van der Waals surface area contributed by atoms with Crippen molar-refractivity contribution in [1.82, 2.24) is 16.2 Å². The van der Waals surface area contributed by atoms with Crippen molar-refractivity contribution >= 4 is 29.8 Å². The fraction of sp³-hybridized carbons (Fsp3) is 0.167. The van der Waals surface area contributed by atoms with Crippen LogP contribution in [-0.2, 0) is 19.1 Å². The number of hydrogen-bond acceptors (Lipinski definition) is 7. The van der Waals surface area contributed by atoms with E-state index in [9.17, 15) is 24.0 Å². The molecular weight excluding hydrogens is 530 g/mol. The fourth-order valence-electron chi connectivity index (χ4n) is 4.42. The van der Waals surface area contributed by atoms with Gasteiger partial charge >= 0.3 is 18.0 Å².